The SMILES string of the molecule is Cc1cc(C)c(S(=O)(=O)[O-])c(C)c1-c1cc(/C=C/c2ccc(N(C)C)cc2)cc[n+]1C. The largest absolute Gasteiger partial charge is 0.744 e. The summed E-state index contributed by atoms with van der Waals surface area (Å²) in [5, 5.41) is 0. The number of pyridine rings is 1. The van der Waals surface area contributed by atoms with Gasteiger partial charge in [0.2, 0.25) is 5.69 Å². The van der Waals surface area contributed by atoms with E-state index in [4.69, 9.17) is 0 Å². The molecule has 3 aromatic rings. The van der Waals surface area contributed by atoms with Crippen LogP contribution in [0, 0.1) is 20.8 Å². The lowest BCUT2D eigenvalue weighted by Crippen LogP contribution is -2.31. The van der Waals surface area contributed by atoms with E-state index in [-0.39, 0.29) is 4.90 Å². The highest BCUT2D eigenvalue weighted by Crippen LogP contribution is 2.32. The third-order valence-corrected chi connectivity index (χ3v) is 6.59. The lowest BCUT2D eigenvalue weighted by Gasteiger charge is -2.18. The second-order valence-corrected chi connectivity index (χ2v) is 9.39. The Labute approximate surface area is 185 Å². The van der Waals surface area contributed by atoms with Crippen molar-refractivity contribution in [2.24, 2.45) is 7.05 Å². The number of nitrogens with zero attached hydrogens (tertiary/aromatic N) is 2. The Morgan fingerprint density at radius 2 is 1.52 bits per heavy atom. The molecule has 0 fully saturated rings. The molecule has 5 nitrogen and oxygen atoms in total. The summed E-state index contributed by atoms with van der Waals surface area (Å²) in [6, 6.07) is 14.0. The van der Waals surface area contributed by atoms with E-state index in [1.54, 1.807) is 19.9 Å². The van der Waals surface area contributed by atoms with Crippen LogP contribution in [0.15, 0.2) is 53.6 Å². The third-order valence-electron chi connectivity index (χ3n) is 5.46. The van der Waals surface area contributed by atoms with Crippen LogP contribution in [0.4, 0.5) is 5.69 Å². The summed E-state index contributed by atoms with van der Waals surface area (Å²) >= 11 is 0. The van der Waals surface area contributed by atoms with E-state index in [0.29, 0.717) is 11.1 Å². The number of aromatic nitrogens is 1. The van der Waals surface area contributed by atoms with Crippen molar-refractivity contribution in [1.82, 2.24) is 0 Å². The van der Waals surface area contributed by atoms with Crippen molar-refractivity contribution < 1.29 is 17.5 Å². The number of rotatable bonds is 5. The minimum atomic E-state index is -4.57. The minimum Gasteiger partial charge on any atom is -0.744 e. The molecule has 0 unspecified atom stereocenters. The molecule has 0 radical (unpaired) electrons. The fourth-order valence-corrected chi connectivity index (χ4v) is 4.89. The van der Waals surface area contributed by atoms with Gasteiger partial charge in [0.15, 0.2) is 6.20 Å². The van der Waals surface area contributed by atoms with Crippen molar-refractivity contribution in [2.75, 3.05) is 19.0 Å². The van der Waals surface area contributed by atoms with Gasteiger partial charge in [-0.05, 0) is 60.7 Å². The van der Waals surface area contributed by atoms with Crippen molar-refractivity contribution in [2.45, 2.75) is 25.7 Å². The molecule has 0 amide bonds. The van der Waals surface area contributed by atoms with Crippen molar-refractivity contribution >= 4 is 28.0 Å². The molecule has 1 aromatic heterocycles. The maximum atomic E-state index is 11.9. The van der Waals surface area contributed by atoms with E-state index < -0.39 is 10.1 Å². The van der Waals surface area contributed by atoms with Crippen molar-refractivity contribution in [3.63, 3.8) is 0 Å². The summed E-state index contributed by atoms with van der Waals surface area (Å²) in [6.45, 7) is 5.30. The quantitative estimate of drug-likeness (QED) is 0.443. The molecule has 31 heavy (non-hydrogen) atoms. The van der Waals surface area contributed by atoms with E-state index in [2.05, 4.69) is 29.2 Å². The molecule has 0 aliphatic heterocycles. The maximum absolute atomic E-state index is 11.9. The smallest absolute Gasteiger partial charge is 0.213 e. The first-order valence-corrected chi connectivity index (χ1v) is 11.4. The predicted octanol–water partition coefficient (Wildman–Crippen LogP) is 4.24. The highest BCUT2D eigenvalue weighted by molar-refractivity contribution is 7.85. The van der Waals surface area contributed by atoms with E-state index in [1.165, 1.54) is 0 Å². The summed E-state index contributed by atoms with van der Waals surface area (Å²) in [5.74, 6) is 0. The van der Waals surface area contributed by atoms with Gasteiger partial charge in [0.05, 0.1) is 10.5 Å². The fraction of sp³-hybridized carbons (Fsp3) is 0.240. The van der Waals surface area contributed by atoms with Crippen molar-refractivity contribution in [3.05, 3.63) is 76.5 Å². The molecular formula is C25H28N2O3S. The Morgan fingerprint density at radius 1 is 0.903 bits per heavy atom. The zero-order valence-electron chi connectivity index (χ0n) is 18.8. The van der Waals surface area contributed by atoms with E-state index >= 15 is 0 Å². The Morgan fingerprint density at radius 3 is 2.10 bits per heavy atom. The Bertz CT molecular complexity index is 1260. The van der Waals surface area contributed by atoms with Crippen molar-refractivity contribution in [3.8, 4) is 11.3 Å². The topological polar surface area (TPSA) is 64.3 Å². The first-order valence-electron chi connectivity index (χ1n) is 10.0. The predicted molar refractivity (Wildman–Crippen MR) is 125 cm³/mol. The third kappa shape index (κ3) is 4.86. The normalized spacial score (nSPS) is 11.8. The molecule has 0 saturated carbocycles. The van der Waals surface area contributed by atoms with Gasteiger partial charge in [-0.1, -0.05) is 30.4 Å². The van der Waals surface area contributed by atoms with Gasteiger partial charge in [-0.2, -0.15) is 0 Å². The Hall–Kier alpha value is -2.96. The molecule has 1 heterocycles. The second-order valence-electron chi connectivity index (χ2n) is 8.07. The summed E-state index contributed by atoms with van der Waals surface area (Å²) in [7, 11) is 1.36. The molecule has 0 bridgehead atoms. The standard InChI is InChI=1S/C25H28N2O3S/c1-17-15-18(2)25(31(28,29)30)19(3)24(17)23-16-21(13-14-27(23)6)8-7-20-9-11-22(12-10-20)26(4)5/h7-16H,1-6H3. The lowest BCUT2D eigenvalue weighted by molar-refractivity contribution is -0.660. The van der Waals surface area contributed by atoms with E-state index in [1.807, 2.05) is 63.1 Å². The fourth-order valence-electron chi connectivity index (χ4n) is 3.96. The Kier molecular flexibility index (Phi) is 6.34. The molecule has 6 heteroatoms. The molecule has 0 N–H and O–H groups in total. The summed E-state index contributed by atoms with van der Waals surface area (Å²) in [5.41, 5.74) is 6.73. The maximum Gasteiger partial charge on any atom is 0.213 e. The van der Waals surface area contributed by atoms with Crippen LogP contribution in [-0.4, -0.2) is 27.1 Å². The average Bonchev–Trinajstić information content (AvgIpc) is 2.67. The monoisotopic (exact) mass is 436 g/mol. The molecular weight excluding hydrogens is 408 g/mol. The number of hydrogen-bond acceptors (Lipinski definition) is 4. The average molecular weight is 437 g/mol. The molecule has 0 saturated heterocycles. The van der Waals surface area contributed by atoms with Gasteiger partial charge in [-0.25, -0.2) is 13.0 Å². The highest BCUT2D eigenvalue weighted by atomic mass is 32.2. The van der Waals surface area contributed by atoms with Crippen LogP contribution in [0.25, 0.3) is 23.4 Å². The van der Waals surface area contributed by atoms with Gasteiger partial charge in [0.1, 0.15) is 17.2 Å². The molecule has 0 atom stereocenters. The van der Waals surface area contributed by atoms with Crippen LogP contribution in [0.1, 0.15) is 27.8 Å². The zero-order valence-corrected chi connectivity index (χ0v) is 19.6. The zero-order chi connectivity index (χ0) is 22.9. The van der Waals surface area contributed by atoms with Gasteiger partial charge in [-0.3, -0.25) is 0 Å². The van der Waals surface area contributed by atoms with Gasteiger partial charge >= 0.3 is 0 Å². The minimum absolute atomic E-state index is 0.130. The van der Waals surface area contributed by atoms with Gasteiger partial charge in [-0.15, -0.1) is 0 Å². The van der Waals surface area contributed by atoms with Gasteiger partial charge in [0, 0.05) is 31.9 Å². The van der Waals surface area contributed by atoms with Gasteiger partial charge < -0.3 is 9.45 Å². The van der Waals surface area contributed by atoms with Crippen molar-refractivity contribution in [1.29, 1.82) is 0 Å². The van der Waals surface area contributed by atoms with Crippen LogP contribution in [0.5, 0.6) is 0 Å². The number of benzene rings is 2. The number of hydrogen-bond donors (Lipinski definition) is 0. The summed E-state index contributed by atoms with van der Waals surface area (Å²) in [4.78, 5) is 1.93. The molecule has 0 aliphatic rings. The van der Waals surface area contributed by atoms with Crippen LogP contribution in [0.2, 0.25) is 0 Å². The van der Waals surface area contributed by atoms with E-state index in [9.17, 15) is 13.0 Å². The van der Waals surface area contributed by atoms with Crippen LogP contribution >= 0.6 is 0 Å². The van der Waals surface area contributed by atoms with E-state index in [0.717, 1.165) is 33.6 Å². The first kappa shape index (κ1) is 22.7. The molecule has 162 valence electrons. The lowest BCUT2D eigenvalue weighted by atomic mass is 9.95. The summed E-state index contributed by atoms with van der Waals surface area (Å²) < 4.78 is 37.5. The first-order chi connectivity index (χ1) is 14.5. The van der Waals surface area contributed by atoms with Crippen LogP contribution in [0.3, 0.4) is 0 Å². The molecule has 0 aliphatic carbocycles. The molecule has 2 aromatic carbocycles. The number of aryl methyl sites for hydroxylation is 3. The highest BCUT2D eigenvalue weighted by Gasteiger charge is 2.21. The van der Waals surface area contributed by atoms with Crippen LogP contribution in [-0.2, 0) is 17.2 Å². The van der Waals surface area contributed by atoms with Crippen LogP contribution < -0.4 is 9.47 Å². The Balaban J connectivity index is 2.06. The summed E-state index contributed by atoms with van der Waals surface area (Å²) in [6.07, 6.45) is 6.01. The second kappa shape index (κ2) is 8.65. The molecule has 0 spiro atoms. The van der Waals surface area contributed by atoms with Gasteiger partial charge in [0.25, 0.3) is 0 Å². The molecule has 3 rings (SSSR count). The number of anilines is 1.